The van der Waals surface area contributed by atoms with Gasteiger partial charge in [0.05, 0.1) is 18.8 Å². The van der Waals surface area contributed by atoms with Crippen LogP contribution in [0.15, 0.2) is 6.20 Å². The van der Waals surface area contributed by atoms with Crippen LogP contribution in [0.4, 0.5) is 0 Å². The van der Waals surface area contributed by atoms with E-state index in [0.29, 0.717) is 38.3 Å². The van der Waals surface area contributed by atoms with Crippen LogP contribution in [-0.4, -0.2) is 56.6 Å². The summed E-state index contributed by atoms with van der Waals surface area (Å²) in [5.74, 6) is -0.181. The molecular formula is C9H15N5O2. The molecule has 1 amide bonds. The molecule has 1 aromatic rings. The van der Waals surface area contributed by atoms with Gasteiger partial charge in [0.1, 0.15) is 0 Å². The van der Waals surface area contributed by atoms with E-state index < -0.39 is 6.10 Å². The lowest BCUT2D eigenvalue weighted by Crippen LogP contribution is -2.29. The predicted octanol–water partition coefficient (Wildman–Crippen LogP) is -1.56. The van der Waals surface area contributed by atoms with Gasteiger partial charge in [0.15, 0.2) is 5.69 Å². The summed E-state index contributed by atoms with van der Waals surface area (Å²) in [7, 11) is 0. The maximum atomic E-state index is 11.9. The fourth-order valence-electron chi connectivity index (χ4n) is 1.73. The van der Waals surface area contributed by atoms with Crippen molar-refractivity contribution in [2.45, 2.75) is 19.1 Å². The van der Waals surface area contributed by atoms with Crippen molar-refractivity contribution in [1.29, 1.82) is 0 Å². The Morgan fingerprint density at radius 1 is 1.69 bits per heavy atom. The molecule has 7 nitrogen and oxygen atoms in total. The van der Waals surface area contributed by atoms with Gasteiger partial charge in [0.25, 0.3) is 5.91 Å². The molecule has 1 atom stereocenters. The molecule has 1 aliphatic rings. The monoisotopic (exact) mass is 225 g/mol. The zero-order valence-corrected chi connectivity index (χ0v) is 8.91. The number of nitrogens with two attached hydrogens (primary N) is 1. The summed E-state index contributed by atoms with van der Waals surface area (Å²) in [6, 6.07) is 0. The lowest BCUT2D eigenvalue weighted by molar-refractivity contribution is 0.0759. The number of β-amino-alcohol motifs (C(OH)–C–C–N with tert-alkyl or cyclic N) is 1. The van der Waals surface area contributed by atoms with Crippen LogP contribution < -0.4 is 5.73 Å². The first-order chi connectivity index (χ1) is 7.70. The third kappa shape index (κ3) is 2.20. The lowest BCUT2D eigenvalue weighted by Gasteiger charge is -2.12. The van der Waals surface area contributed by atoms with E-state index >= 15 is 0 Å². The van der Waals surface area contributed by atoms with E-state index in [0.717, 1.165) is 0 Å². The maximum absolute atomic E-state index is 11.9. The minimum atomic E-state index is -0.414. The Morgan fingerprint density at radius 2 is 2.50 bits per heavy atom. The number of amides is 1. The van der Waals surface area contributed by atoms with Crippen molar-refractivity contribution < 1.29 is 9.90 Å². The lowest BCUT2D eigenvalue weighted by atomic mass is 10.3. The standard InChI is InChI=1S/C9H15N5O2/c10-2-4-14-6-8(11-12-14)9(16)13-3-1-7(15)5-13/h6-7,15H,1-5,10H2/t7-/m1/s1. The number of rotatable bonds is 3. The minimum Gasteiger partial charge on any atom is -0.391 e. The first kappa shape index (κ1) is 11.0. The summed E-state index contributed by atoms with van der Waals surface area (Å²) in [4.78, 5) is 13.5. The van der Waals surface area contributed by atoms with Gasteiger partial charge in [0, 0.05) is 19.6 Å². The molecule has 2 rings (SSSR count). The Bertz CT molecular complexity index is 378. The largest absolute Gasteiger partial charge is 0.391 e. The number of carbonyl (C=O) groups excluding carboxylic acids is 1. The van der Waals surface area contributed by atoms with Crippen LogP contribution in [0.3, 0.4) is 0 Å². The van der Waals surface area contributed by atoms with E-state index in [9.17, 15) is 9.90 Å². The summed E-state index contributed by atoms with van der Waals surface area (Å²) >= 11 is 0. The second-order valence-electron chi connectivity index (χ2n) is 3.85. The van der Waals surface area contributed by atoms with E-state index in [-0.39, 0.29) is 5.91 Å². The van der Waals surface area contributed by atoms with Crippen LogP contribution >= 0.6 is 0 Å². The zero-order chi connectivity index (χ0) is 11.5. The Morgan fingerprint density at radius 3 is 3.12 bits per heavy atom. The molecule has 0 unspecified atom stereocenters. The number of aromatic nitrogens is 3. The molecule has 1 aromatic heterocycles. The Kier molecular flexibility index (Phi) is 3.16. The number of aliphatic hydroxyl groups excluding tert-OH is 1. The summed E-state index contributed by atoms with van der Waals surface area (Å²) in [5.41, 5.74) is 5.68. The van der Waals surface area contributed by atoms with Crippen LogP contribution in [0.2, 0.25) is 0 Å². The van der Waals surface area contributed by atoms with Crippen molar-refractivity contribution in [1.82, 2.24) is 19.9 Å². The van der Waals surface area contributed by atoms with E-state index in [2.05, 4.69) is 10.3 Å². The highest BCUT2D eigenvalue weighted by atomic mass is 16.3. The van der Waals surface area contributed by atoms with Gasteiger partial charge >= 0.3 is 0 Å². The maximum Gasteiger partial charge on any atom is 0.276 e. The highest BCUT2D eigenvalue weighted by Crippen LogP contribution is 2.11. The summed E-state index contributed by atoms with van der Waals surface area (Å²) in [6.07, 6.45) is 1.80. The van der Waals surface area contributed by atoms with Crippen LogP contribution in [-0.2, 0) is 6.54 Å². The van der Waals surface area contributed by atoms with Gasteiger partial charge in [-0.05, 0) is 6.42 Å². The van der Waals surface area contributed by atoms with Gasteiger partial charge in [-0.25, -0.2) is 0 Å². The fourth-order valence-corrected chi connectivity index (χ4v) is 1.73. The van der Waals surface area contributed by atoms with Gasteiger partial charge in [-0.15, -0.1) is 5.10 Å². The summed E-state index contributed by atoms with van der Waals surface area (Å²) in [5, 5.41) is 16.9. The van der Waals surface area contributed by atoms with Crippen LogP contribution in [0, 0.1) is 0 Å². The van der Waals surface area contributed by atoms with Crippen LogP contribution in [0.1, 0.15) is 16.9 Å². The number of carbonyl (C=O) groups is 1. The van der Waals surface area contributed by atoms with Crippen LogP contribution in [0.5, 0.6) is 0 Å². The molecule has 3 N–H and O–H groups in total. The highest BCUT2D eigenvalue weighted by molar-refractivity contribution is 5.92. The topological polar surface area (TPSA) is 97.3 Å². The van der Waals surface area contributed by atoms with E-state index in [1.165, 1.54) is 0 Å². The summed E-state index contributed by atoms with van der Waals surface area (Å²) < 4.78 is 1.54. The first-order valence-corrected chi connectivity index (χ1v) is 5.28. The molecule has 7 heteroatoms. The minimum absolute atomic E-state index is 0.181. The van der Waals surface area contributed by atoms with Crippen molar-refractivity contribution >= 4 is 5.91 Å². The molecule has 1 aliphatic heterocycles. The van der Waals surface area contributed by atoms with Crippen molar-refractivity contribution in [3.63, 3.8) is 0 Å². The predicted molar refractivity (Wildman–Crippen MR) is 55.6 cm³/mol. The van der Waals surface area contributed by atoms with E-state index in [4.69, 9.17) is 5.73 Å². The van der Waals surface area contributed by atoms with Gasteiger partial charge in [-0.2, -0.15) is 0 Å². The smallest absolute Gasteiger partial charge is 0.276 e. The van der Waals surface area contributed by atoms with Crippen LogP contribution in [0.25, 0.3) is 0 Å². The third-order valence-corrected chi connectivity index (χ3v) is 2.57. The molecule has 88 valence electrons. The molecule has 0 aromatic carbocycles. The second-order valence-corrected chi connectivity index (χ2v) is 3.85. The number of hydrogen-bond donors (Lipinski definition) is 2. The number of hydrogen-bond acceptors (Lipinski definition) is 5. The van der Waals surface area contributed by atoms with Gasteiger partial charge in [-0.3, -0.25) is 9.48 Å². The number of aliphatic hydroxyl groups is 1. The quantitative estimate of drug-likeness (QED) is 0.648. The molecule has 0 radical (unpaired) electrons. The molecule has 16 heavy (non-hydrogen) atoms. The first-order valence-electron chi connectivity index (χ1n) is 5.28. The molecule has 1 fully saturated rings. The molecular weight excluding hydrogens is 210 g/mol. The molecule has 1 saturated heterocycles. The summed E-state index contributed by atoms with van der Waals surface area (Å²) in [6.45, 7) is 1.95. The zero-order valence-electron chi connectivity index (χ0n) is 8.91. The number of likely N-dealkylation sites (tertiary alicyclic amines) is 1. The van der Waals surface area contributed by atoms with Crippen molar-refractivity contribution in [2.24, 2.45) is 5.73 Å². The van der Waals surface area contributed by atoms with Gasteiger partial charge in [-0.1, -0.05) is 5.21 Å². The van der Waals surface area contributed by atoms with Crippen molar-refractivity contribution in [3.8, 4) is 0 Å². The third-order valence-electron chi connectivity index (χ3n) is 2.57. The Labute approximate surface area is 92.8 Å². The second kappa shape index (κ2) is 4.58. The highest BCUT2D eigenvalue weighted by Gasteiger charge is 2.26. The molecule has 0 bridgehead atoms. The molecule has 0 saturated carbocycles. The fraction of sp³-hybridized carbons (Fsp3) is 0.667. The van der Waals surface area contributed by atoms with Gasteiger partial charge < -0.3 is 15.7 Å². The Hall–Kier alpha value is -1.47. The molecule has 0 aliphatic carbocycles. The number of nitrogens with zero attached hydrogens (tertiary/aromatic N) is 4. The van der Waals surface area contributed by atoms with Crippen molar-refractivity contribution in [2.75, 3.05) is 19.6 Å². The van der Waals surface area contributed by atoms with Crippen molar-refractivity contribution in [3.05, 3.63) is 11.9 Å². The van der Waals surface area contributed by atoms with Gasteiger partial charge in [0.2, 0.25) is 0 Å². The average molecular weight is 225 g/mol. The normalized spacial score (nSPS) is 20.4. The molecule has 2 heterocycles. The van der Waals surface area contributed by atoms with E-state index in [1.54, 1.807) is 15.8 Å². The van der Waals surface area contributed by atoms with E-state index in [1.807, 2.05) is 0 Å². The molecule has 0 spiro atoms. The average Bonchev–Trinajstić information content (AvgIpc) is 2.87. The Balaban J connectivity index is 2.03. The SMILES string of the molecule is NCCn1cc(C(=O)N2CC[C@@H](O)C2)nn1.